The van der Waals surface area contributed by atoms with Gasteiger partial charge in [-0.1, -0.05) is 26.0 Å². The van der Waals surface area contributed by atoms with Crippen LogP contribution >= 0.6 is 0 Å². The van der Waals surface area contributed by atoms with Crippen LogP contribution in [0.15, 0.2) is 54.7 Å². The second-order valence-electron chi connectivity index (χ2n) is 8.80. The van der Waals surface area contributed by atoms with Crippen molar-refractivity contribution in [3.05, 3.63) is 71.4 Å². The molecule has 0 aliphatic carbocycles. The Balaban J connectivity index is 1.60. The van der Waals surface area contributed by atoms with Crippen molar-refractivity contribution >= 4 is 29.0 Å². The van der Waals surface area contributed by atoms with Crippen molar-refractivity contribution in [2.75, 3.05) is 37.0 Å². The Bertz CT molecular complexity index is 1220. The van der Waals surface area contributed by atoms with E-state index in [0.717, 1.165) is 17.1 Å². The van der Waals surface area contributed by atoms with Crippen LogP contribution in [-0.4, -0.2) is 43.6 Å². The number of ether oxygens (including phenoxy) is 2. The number of nitrogens with one attached hydrogen (secondary N) is 2. The minimum Gasteiger partial charge on any atom is -0.492 e. The number of hydrogen-bond donors (Lipinski definition) is 2. The third-order valence-corrected chi connectivity index (χ3v) is 5.54. The summed E-state index contributed by atoms with van der Waals surface area (Å²) in [6.45, 7) is 7.59. The maximum atomic E-state index is 13.3. The molecule has 0 unspecified atom stereocenters. The monoisotopic (exact) mass is 474 g/mol. The van der Waals surface area contributed by atoms with E-state index >= 15 is 0 Å². The molecule has 0 fully saturated rings. The molecule has 2 heterocycles. The zero-order valence-corrected chi connectivity index (χ0v) is 20.4. The van der Waals surface area contributed by atoms with Gasteiger partial charge in [0.05, 0.1) is 30.0 Å². The van der Waals surface area contributed by atoms with Gasteiger partial charge in [-0.2, -0.15) is 0 Å². The van der Waals surface area contributed by atoms with Crippen LogP contribution in [0.3, 0.4) is 0 Å². The van der Waals surface area contributed by atoms with E-state index < -0.39 is 0 Å². The van der Waals surface area contributed by atoms with Crippen molar-refractivity contribution in [2.45, 2.75) is 20.8 Å². The van der Waals surface area contributed by atoms with E-state index in [4.69, 9.17) is 9.47 Å². The van der Waals surface area contributed by atoms with E-state index in [9.17, 15) is 9.59 Å². The van der Waals surface area contributed by atoms with Gasteiger partial charge in [0.1, 0.15) is 18.2 Å². The predicted molar refractivity (Wildman–Crippen MR) is 136 cm³/mol. The van der Waals surface area contributed by atoms with Crippen molar-refractivity contribution < 1.29 is 19.1 Å². The van der Waals surface area contributed by atoms with Gasteiger partial charge in [-0.25, -0.2) is 4.98 Å². The summed E-state index contributed by atoms with van der Waals surface area (Å²) in [6, 6.07) is 14.5. The highest BCUT2D eigenvalue weighted by Gasteiger charge is 2.26. The smallest absolute Gasteiger partial charge is 0.259 e. The first kappa shape index (κ1) is 24.1. The van der Waals surface area contributed by atoms with E-state index in [-0.39, 0.29) is 11.8 Å². The topological polar surface area (TPSA) is 92.8 Å². The maximum absolute atomic E-state index is 13.3. The molecule has 1 aromatic heterocycles. The van der Waals surface area contributed by atoms with E-state index in [1.807, 2.05) is 56.1 Å². The van der Waals surface area contributed by atoms with Gasteiger partial charge in [0.25, 0.3) is 11.8 Å². The molecule has 1 aliphatic rings. The van der Waals surface area contributed by atoms with Crippen LogP contribution in [0.2, 0.25) is 0 Å². The molecule has 2 aromatic carbocycles. The van der Waals surface area contributed by atoms with E-state index in [0.29, 0.717) is 54.0 Å². The number of pyridine rings is 1. The number of fused-ring (bicyclic) bond motifs is 1. The van der Waals surface area contributed by atoms with Crippen LogP contribution in [-0.2, 0) is 0 Å². The summed E-state index contributed by atoms with van der Waals surface area (Å²) < 4.78 is 11.7. The Kier molecular flexibility index (Phi) is 7.19. The first-order chi connectivity index (χ1) is 16.9. The van der Waals surface area contributed by atoms with E-state index in [1.165, 1.54) is 0 Å². The molecule has 0 saturated heterocycles. The lowest BCUT2D eigenvalue weighted by atomic mass is 10.1. The van der Waals surface area contributed by atoms with Crippen LogP contribution in [0.25, 0.3) is 0 Å². The SMILES string of the molecule is CNC(=O)c1cc(NC(=O)c2cccc3c2OCCN3c2ccc(C)cn2)ccc1OCC(C)C. The Hall–Kier alpha value is -4.07. The molecule has 8 nitrogen and oxygen atoms in total. The maximum Gasteiger partial charge on any atom is 0.259 e. The van der Waals surface area contributed by atoms with Crippen LogP contribution in [0.4, 0.5) is 17.2 Å². The molecular formula is C27H30N4O4. The minimum atomic E-state index is -0.334. The van der Waals surface area contributed by atoms with Gasteiger partial charge < -0.3 is 25.0 Å². The average Bonchev–Trinajstić information content (AvgIpc) is 2.87. The molecule has 4 rings (SSSR count). The standard InChI is InChI=1S/C27H30N4O4/c1-17(2)16-35-23-10-9-19(14-21(23)26(32)28-4)30-27(33)20-6-5-7-22-25(20)34-13-12-31(22)24-11-8-18(3)15-29-24/h5-11,14-15,17H,12-13,16H2,1-4H3,(H,28,32)(H,30,33). The first-order valence-corrected chi connectivity index (χ1v) is 11.6. The van der Waals surface area contributed by atoms with Gasteiger partial charge in [-0.05, 0) is 54.8 Å². The Labute approximate surface area is 205 Å². The zero-order valence-electron chi connectivity index (χ0n) is 20.4. The second kappa shape index (κ2) is 10.5. The van der Waals surface area contributed by atoms with Gasteiger partial charge in [0.2, 0.25) is 0 Å². The molecule has 182 valence electrons. The summed E-state index contributed by atoms with van der Waals surface area (Å²) in [5.41, 5.74) is 3.10. The molecule has 0 saturated carbocycles. The molecule has 2 amide bonds. The molecule has 2 N–H and O–H groups in total. The van der Waals surface area contributed by atoms with Gasteiger partial charge in [-0.3, -0.25) is 9.59 Å². The quantitative estimate of drug-likeness (QED) is 0.521. The third-order valence-electron chi connectivity index (χ3n) is 5.54. The lowest BCUT2D eigenvalue weighted by Crippen LogP contribution is -2.30. The van der Waals surface area contributed by atoms with Crippen molar-refractivity contribution in [2.24, 2.45) is 5.92 Å². The largest absolute Gasteiger partial charge is 0.492 e. The number of para-hydroxylation sites is 1. The summed E-state index contributed by atoms with van der Waals surface area (Å²) in [4.78, 5) is 32.3. The Morgan fingerprint density at radius 2 is 1.94 bits per heavy atom. The molecule has 0 radical (unpaired) electrons. The summed E-state index contributed by atoms with van der Waals surface area (Å²) in [6.07, 6.45) is 1.82. The van der Waals surface area contributed by atoms with Gasteiger partial charge in [0.15, 0.2) is 5.75 Å². The highest BCUT2D eigenvalue weighted by Crippen LogP contribution is 2.38. The summed E-state index contributed by atoms with van der Waals surface area (Å²) in [5.74, 6) is 1.45. The number of aromatic nitrogens is 1. The van der Waals surface area contributed by atoms with Crippen LogP contribution in [0, 0.1) is 12.8 Å². The van der Waals surface area contributed by atoms with Crippen LogP contribution < -0.4 is 25.0 Å². The number of anilines is 3. The number of hydrogen-bond acceptors (Lipinski definition) is 6. The number of nitrogens with zero attached hydrogens (tertiary/aromatic N) is 2. The molecule has 35 heavy (non-hydrogen) atoms. The lowest BCUT2D eigenvalue weighted by Gasteiger charge is -2.31. The lowest BCUT2D eigenvalue weighted by molar-refractivity contribution is 0.0956. The normalized spacial score (nSPS) is 12.5. The molecule has 0 atom stereocenters. The molecule has 0 bridgehead atoms. The Morgan fingerprint density at radius 1 is 1.11 bits per heavy atom. The summed E-state index contributed by atoms with van der Waals surface area (Å²) in [7, 11) is 1.56. The summed E-state index contributed by atoms with van der Waals surface area (Å²) >= 11 is 0. The average molecular weight is 475 g/mol. The molecule has 0 spiro atoms. The number of aryl methyl sites for hydroxylation is 1. The van der Waals surface area contributed by atoms with Gasteiger partial charge >= 0.3 is 0 Å². The molecule has 1 aliphatic heterocycles. The highest BCUT2D eigenvalue weighted by molar-refractivity contribution is 6.08. The van der Waals surface area contributed by atoms with E-state index in [2.05, 4.69) is 15.6 Å². The van der Waals surface area contributed by atoms with Crippen LogP contribution in [0.1, 0.15) is 40.1 Å². The number of amides is 2. The van der Waals surface area contributed by atoms with Gasteiger partial charge in [0, 0.05) is 18.9 Å². The number of carbonyl (C=O) groups excluding carboxylic acids is 2. The zero-order chi connectivity index (χ0) is 24.9. The summed E-state index contributed by atoms with van der Waals surface area (Å²) in [5, 5.41) is 5.52. The number of carbonyl (C=O) groups is 2. The van der Waals surface area contributed by atoms with Crippen molar-refractivity contribution in [1.29, 1.82) is 0 Å². The number of benzene rings is 2. The van der Waals surface area contributed by atoms with E-state index in [1.54, 1.807) is 31.3 Å². The highest BCUT2D eigenvalue weighted by atomic mass is 16.5. The molecule has 8 heteroatoms. The number of rotatable bonds is 7. The van der Waals surface area contributed by atoms with Crippen molar-refractivity contribution in [3.8, 4) is 11.5 Å². The fourth-order valence-electron chi connectivity index (χ4n) is 3.79. The fraction of sp³-hybridized carbons (Fsp3) is 0.296. The predicted octanol–water partition coefficient (Wildman–Crippen LogP) is 4.57. The Morgan fingerprint density at radius 3 is 2.66 bits per heavy atom. The second-order valence-corrected chi connectivity index (χ2v) is 8.80. The minimum absolute atomic E-state index is 0.290. The first-order valence-electron chi connectivity index (χ1n) is 11.6. The van der Waals surface area contributed by atoms with Crippen molar-refractivity contribution in [1.82, 2.24) is 10.3 Å². The van der Waals surface area contributed by atoms with Crippen molar-refractivity contribution in [3.63, 3.8) is 0 Å². The molecular weight excluding hydrogens is 444 g/mol. The fourth-order valence-corrected chi connectivity index (χ4v) is 3.79. The van der Waals surface area contributed by atoms with Gasteiger partial charge in [-0.15, -0.1) is 0 Å². The van der Waals surface area contributed by atoms with Crippen LogP contribution in [0.5, 0.6) is 11.5 Å². The third kappa shape index (κ3) is 5.37. The molecule has 3 aromatic rings.